The second-order valence-electron chi connectivity index (χ2n) is 5.09. The Morgan fingerprint density at radius 1 is 0.783 bits per heavy atom. The average Bonchev–Trinajstić information content (AvgIpc) is 2.63. The van der Waals surface area contributed by atoms with E-state index >= 15 is 0 Å². The molecule has 0 heterocycles. The quantitative estimate of drug-likeness (QED) is 0.380. The highest BCUT2D eigenvalue weighted by Crippen LogP contribution is 2.23. The zero-order chi connectivity index (χ0) is 15.9. The molecule has 0 unspecified atom stereocenters. The number of hydrazone groups is 1. The number of anilines is 1. The molecule has 0 atom stereocenters. The average molecular weight is 318 g/mol. The van der Waals surface area contributed by atoms with Gasteiger partial charge in [-0.25, -0.2) is 0 Å². The Labute approximate surface area is 141 Å². The maximum atomic E-state index is 4.26. The van der Waals surface area contributed by atoms with Gasteiger partial charge in [-0.3, -0.25) is 5.43 Å². The molecule has 3 aromatic carbocycles. The first kappa shape index (κ1) is 15.4. The Kier molecular flexibility index (Phi) is 5.12. The van der Waals surface area contributed by atoms with Crippen molar-refractivity contribution in [3.8, 4) is 11.1 Å². The molecule has 0 aromatic heterocycles. The fourth-order valence-corrected chi connectivity index (χ4v) is 2.65. The van der Waals surface area contributed by atoms with Gasteiger partial charge >= 0.3 is 0 Å². The number of hydrogen-bond donors (Lipinski definition) is 1. The summed E-state index contributed by atoms with van der Waals surface area (Å²) in [6.45, 7) is 0. The molecule has 1 N–H and O–H groups in total. The first-order valence-corrected chi connectivity index (χ1v) is 8.66. The molecule has 2 nitrogen and oxygen atoms in total. The third kappa shape index (κ3) is 4.24. The zero-order valence-electron chi connectivity index (χ0n) is 12.9. The number of nitrogens with zero attached hydrogens (tertiary/aromatic N) is 1. The predicted octanol–water partition coefficient (Wildman–Crippen LogP) is 5.52. The van der Waals surface area contributed by atoms with Crippen LogP contribution in [0.1, 0.15) is 5.56 Å². The molecule has 0 aliphatic rings. The lowest BCUT2D eigenvalue weighted by Crippen LogP contribution is -1.90. The van der Waals surface area contributed by atoms with Crippen molar-refractivity contribution >= 4 is 23.7 Å². The number of nitrogens with one attached hydrogen (secondary N) is 1. The first-order valence-electron chi connectivity index (χ1n) is 7.44. The van der Waals surface area contributed by atoms with Crippen LogP contribution >= 0.6 is 11.8 Å². The van der Waals surface area contributed by atoms with E-state index in [1.165, 1.54) is 16.0 Å². The van der Waals surface area contributed by atoms with Crippen molar-refractivity contribution < 1.29 is 0 Å². The van der Waals surface area contributed by atoms with Gasteiger partial charge in [0.15, 0.2) is 0 Å². The molecule has 0 spiro atoms. The summed E-state index contributed by atoms with van der Waals surface area (Å²) in [7, 11) is 0. The van der Waals surface area contributed by atoms with Gasteiger partial charge in [0.1, 0.15) is 0 Å². The van der Waals surface area contributed by atoms with Crippen molar-refractivity contribution in [3.05, 3.63) is 84.4 Å². The van der Waals surface area contributed by atoms with Crippen LogP contribution in [0.5, 0.6) is 0 Å². The van der Waals surface area contributed by atoms with Gasteiger partial charge in [0, 0.05) is 4.90 Å². The zero-order valence-corrected chi connectivity index (χ0v) is 13.8. The van der Waals surface area contributed by atoms with Crippen LogP contribution < -0.4 is 5.43 Å². The molecule has 0 aliphatic heterocycles. The number of thioether (sulfide) groups is 1. The standard InChI is InChI=1S/C20H18N2S/c1-23-20-13-11-18(12-14-20)17-9-7-16(8-10-17)15-21-22-19-5-3-2-4-6-19/h2-15,22H,1H3. The third-order valence-electron chi connectivity index (χ3n) is 3.52. The minimum absolute atomic E-state index is 0.981. The van der Waals surface area contributed by atoms with E-state index in [9.17, 15) is 0 Å². The van der Waals surface area contributed by atoms with Crippen molar-refractivity contribution in [2.24, 2.45) is 5.10 Å². The predicted molar refractivity (Wildman–Crippen MR) is 101 cm³/mol. The van der Waals surface area contributed by atoms with E-state index in [2.05, 4.69) is 65.3 Å². The summed E-state index contributed by atoms with van der Waals surface area (Å²) in [6.07, 6.45) is 3.92. The van der Waals surface area contributed by atoms with E-state index in [4.69, 9.17) is 0 Å². The van der Waals surface area contributed by atoms with E-state index in [1.807, 2.05) is 36.5 Å². The number of hydrogen-bond acceptors (Lipinski definition) is 3. The van der Waals surface area contributed by atoms with Crippen molar-refractivity contribution in [3.63, 3.8) is 0 Å². The van der Waals surface area contributed by atoms with Crippen LogP contribution in [-0.2, 0) is 0 Å². The largest absolute Gasteiger partial charge is 0.279 e. The number of para-hydroxylation sites is 1. The lowest BCUT2D eigenvalue weighted by Gasteiger charge is -2.04. The summed E-state index contributed by atoms with van der Waals surface area (Å²) in [4.78, 5) is 1.28. The van der Waals surface area contributed by atoms with Crippen LogP contribution in [0.4, 0.5) is 5.69 Å². The third-order valence-corrected chi connectivity index (χ3v) is 4.26. The molecule has 0 amide bonds. The van der Waals surface area contributed by atoms with Gasteiger partial charge in [0.2, 0.25) is 0 Å². The lowest BCUT2D eigenvalue weighted by molar-refractivity contribution is 1.35. The number of rotatable bonds is 5. The molecule has 23 heavy (non-hydrogen) atoms. The van der Waals surface area contributed by atoms with Gasteiger partial charge in [-0.2, -0.15) is 5.10 Å². The van der Waals surface area contributed by atoms with Crippen LogP contribution in [0.3, 0.4) is 0 Å². The van der Waals surface area contributed by atoms with Crippen molar-refractivity contribution in [1.82, 2.24) is 0 Å². The lowest BCUT2D eigenvalue weighted by atomic mass is 10.0. The van der Waals surface area contributed by atoms with E-state index < -0.39 is 0 Å². The molecule has 3 aromatic rings. The van der Waals surface area contributed by atoms with E-state index in [0.717, 1.165) is 11.3 Å². The summed E-state index contributed by atoms with van der Waals surface area (Å²) in [6, 6.07) is 26.9. The van der Waals surface area contributed by atoms with Gasteiger partial charge in [-0.1, -0.05) is 54.6 Å². The minimum atomic E-state index is 0.981. The molecule has 0 bridgehead atoms. The van der Waals surface area contributed by atoms with Crippen LogP contribution in [0, 0.1) is 0 Å². The Hall–Kier alpha value is -2.52. The second-order valence-corrected chi connectivity index (χ2v) is 5.97. The van der Waals surface area contributed by atoms with Crippen molar-refractivity contribution in [2.75, 3.05) is 11.7 Å². The minimum Gasteiger partial charge on any atom is -0.279 e. The van der Waals surface area contributed by atoms with E-state index in [1.54, 1.807) is 11.8 Å². The first-order chi connectivity index (χ1) is 11.3. The Morgan fingerprint density at radius 3 is 2.00 bits per heavy atom. The maximum Gasteiger partial charge on any atom is 0.0561 e. The monoisotopic (exact) mass is 318 g/mol. The summed E-state index contributed by atoms with van der Waals surface area (Å²) in [5.41, 5.74) is 7.51. The molecule has 0 saturated carbocycles. The van der Waals surface area contributed by atoms with Crippen LogP contribution in [-0.4, -0.2) is 12.5 Å². The van der Waals surface area contributed by atoms with Crippen molar-refractivity contribution in [1.29, 1.82) is 0 Å². The fraction of sp³-hybridized carbons (Fsp3) is 0.0500. The normalized spacial score (nSPS) is 10.8. The van der Waals surface area contributed by atoms with Crippen LogP contribution in [0.25, 0.3) is 11.1 Å². The molecule has 0 fully saturated rings. The Balaban J connectivity index is 1.66. The molecular weight excluding hydrogens is 300 g/mol. The number of benzene rings is 3. The van der Waals surface area contributed by atoms with Gasteiger partial charge in [0.05, 0.1) is 11.9 Å². The molecule has 3 rings (SSSR count). The fourth-order valence-electron chi connectivity index (χ4n) is 2.24. The highest BCUT2D eigenvalue weighted by Gasteiger charge is 1.98. The molecular formula is C20H18N2S. The topological polar surface area (TPSA) is 24.4 Å². The molecule has 114 valence electrons. The van der Waals surface area contributed by atoms with Gasteiger partial charge in [-0.05, 0) is 47.2 Å². The molecule has 0 saturated heterocycles. The van der Waals surface area contributed by atoms with Gasteiger partial charge in [-0.15, -0.1) is 11.8 Å². The summed E-state index contributed by atoms with van der Waals surface area (Å²) in [5, 5.41) is 4.26. The summed E-state index contributed by atoms with van der Waals surface area (Å²) >= 11 is 1.76. The highest BCUT2D eigenvalue weighted by molar-refractivity contribution is 7.98. The SMILES string of the molecule is CSc1ccc(-c2ccc(C=NNc3ccccc3)cc2)cc1. The highest BCUT2D eigenvalue weighted by atomic mass is 32.2. The van der Waals surface area contributed by atoms with Crippen LogP contribution in [0.2, 0.25) is 0 Å². The maximum absolute atomic E-state index is 4.26. The summed E-state index contributed by atoms with van der Waals surface area (Å²) < 4.78 is 0. The van der Waals surface area contributed by atoms with E-state index in [0.29, 0.717) is 0 Å². The Morgan fingerprint density at radius 2 is 1.39 bits per heavy atom. The molecule has 0 radical (unpaired) electrons. The van der Waals surface area contributed by atoms with Gasteiger partial charge in [0.25, 0.3) is 0 Å². The van der Waals surface area contributed by atoms with E-state index in [-0.39, 0.29) is 0 Å². The molecule has 0 aliphatic carbocycles. The van der Waals surface area contributed by atoms with Gasteiger partial charge < -0.3 is 0 Å². The van der Waals surface area contributed by atoms with Crippen LogP contribution in [0.15, 0.2) is 88.9 Å². The summed E-state index contributed by atoms with van der Waals surface area (Å²) in [5.74, 6) is 0. The second kappa shape index (κ2) is 7.65. The smallest absolute Gasteiger partial charge is 0.0561 e. The molecule has 3 heteroatoms. The Bertz CT molecular complexity index is 763. The van der Waals surface area contributed by atoms with Crippen molar-refractivity contribution in [2.45, 2.75) is 4.90 Å².